The van der Waals surface area contributed by atoms with Gasteiger partial charge in [-0.3, -0.25) is 0 Å². The lowest BCUT2D eigenvalue weighted by Crippen LogP contribution is -2.16. The summed E-state index contributed by atoms with van der Waals surface area (Å²) in [7, 11) is 0. The zero-order chi connectivity index (χ0) is 18.2. The fourth-order valence-electron chi connectivity index (χ4n) is 2.60. The van der Waals surface area contributed by atoms with Gasteiger partial charge in [0.15, 0.2) is 0 Å². The van der Waals surface area contributed by atoms with Gasteiger partial charge in [0.05, 0.1) is 17.3 Å². The molecule has 0 fully saturated rings. The summed E-state index contributed by atoms with van der Waals surface area (Å²) in [6, 6.07) is 10.1. The van der Waals surface area contributed by atoms with Crippen LogP contribution in [0.1, 0.15) is 33.6 Å². The predicted octanol–water partition coefficient (Wildman–Crippen LogP) is 4.89. The second-order valence-electron chi connectivity index (χ2n) is 5.79. The maximum atomic E-state index is 12.1. The van der Waals surface area contributed by atoms with Crippen molar-refractivity contribution in [3.63, 3.8) is 0 Å². The van der Waals surface area contributed by atoms with E-state index >= 15 is 0 Å². The number of nitriles is 1. The Labute approximate surface area is 154 Å². The van der Waals surface area contributed by atoms with Crippen LogP contribution in [0.15, 0.2) is 51.9 Å². The van der Waals surface area contributed by atoms with Gasteiger partial charge >= 0.3 is 5.97 Å². The van der Waals surface area contributed by atoms with E-state index in [9.17, 15) is 10.1 Å². The summed E-state index contributed by atoms with van der Waals surface area (Å²) in [5, 5.41) is 10.3. The molecule has 0 aromatic heterocycles. The van der Waals surface area contributed by atoms with Crippen molar-refractivity contribution in [1.82, 2.24) is 0 Å². The van der Waals surface area contributed by atoms with Crippen molar-refractivity contribution < 1.29 is 9.53 Å². The maximum absolute atomic E-state index is 12.1. The molecule has 4 nitrogen and oxygen atoms in total. The van der Waals surface area contributed by atoms with E-state index in [0.29, 0.717) is 12.5 Å². The summed E-state index contributed by atoms with van der Waals surface area (Å²) in [4.78, 5) is 15.5. The molecule has 0 saturated heterocycles. The number of thioether (sulfide) groups is 1. The third-order valence-corrected chi connectivity index (χ3v) is 5.42. The van der Waals surface area contributed by atoms with Crippen molar-refractivity contribution in [2.75, 3.05) is 18.1 Å². The number of ether oxygens (including phenoxy) is 1. The quantitative estimate of drug-likeness (QED) is 0.395. The van der Waals surface area contributed by atoms with Crippen molar-refractivity contribution in [2.24, 2.45) is 5.92 Å². The van der Waals surface area contributed by atoms with Crippen LogP contribution >= 0.6 is 11.8 Å². The Hall–Kier alpha value is -2.19. The van der Waals surface area contributed by atoms with Crippen LogP contribution in [0.4, 0.5) is 5.69 Å². The minimum atomic E-state index is -0.546. The van der Waals surface area contributed by atoms with E-state index in [2.05, 4.69) is 37.8 Å². The Balaban J connectivity index is 2.11. The Morgan fingerprint density at radius 3 is 2.68 bits per heavy atom. The Morgan fingerprint density at radius 2 is 2.04 bits per heavy atom. The lowest BCUT2D eigenvalue weighted by Gasteiger charge is -2.17. The standard InChI is InChI=1S/C20H24N2O2S/c1-4-15(5-2)14-24-20(23)16(13-21)11-12-19-22(6-3)17-9-7-8-10-18(17)25-19/h7-12,15H,4-6,14H2,1-3H3/b16-11+,19-12-. The van der Waals surface area contributed by atoms with E-state index < -0.39 is 5.97 Å². The largest absolute Gasteiger partial charge is 0.461 e. The first-order chi connectivity index (χ1) is 12.1. The van der Waals surface area contributed by atoms with Gasteiger partial charge in [0, 0.05) is 11.4 Å². The molecule has 0 unspecified atom stereocenters. The summed E-state index contributed by atoms with van der Waals surface area (Å²) in [5.74, 6) is -0.201. The summed E-state index contributed by atoms with van der Waals surface area (Å²) >= 11 is 1.64. The topological polar surface area (TPSA) is 53.3 Å². The molecule has 132 valence electrons. The van der Waals surface area contributed by atoms with Crippen LogP contribution in [0.25, 0.3) is 0 Å². The molecule has 0 saturated carbocycles. The number of hydrogen-bond acceptors (Lipinski definition) is 5. The number of benzene rings is 1. The SMILES string of the molecule is CCC(CC)COC(=O)/C(C#N)=C/C=C1\Sc2ccccc2N1CC. The molecular formula is C20H24N2O2S. The summed E-state index contributed by atoms with van der Waals surface area (Å²) in [6.45, 7) is 7.41. The van der Waals surface area contributed by atoms with E-state index in [1.54, 1.807) is 17.8 Å². The van der Waals surface area contributed by atoms with Gasteiger partial charge in [-0.15, -0.1) is 0 Å². The highest BCUT2D eigenvalue weighted by Crippen LogP contribution is 2.45. The van der Waals surface area contributed by atoms with Gasteiger partial charge in [-0.2, -0.15) is 5.26 Å². The number of hydrogen-bond donors (Lipinski definition) is 0. The third kappa shape index (κ3) is 4.67. The zero-order valence-electron chi connectivity index (χ0n) is 15.0. The Bertz CT molecular complexity index is 715. The molecule has 0 spiro atoms. The molecule has 25 heavy (non-hydrogen) atoms. The highest BCUT2D eigenvalue weighted by atomic mass is 32.2. The van der Waals surface area contributed by atoms with Crippen LogP contribution in [0.3, 0.4) is 0 Å². The van der Waals surface area contributed by atoms with Crippen molar-refractivity contribution in [1.29, 1.82) is 5.26 Å². The van der Waals surface area contributed by atoms with Crippen LogP contribution in [-0.4, -0.2) is 19.1 Å². The molecule has 0 N–H and O–H groups in total. The van der Waals surface area contributed by atoms with Crippen molar-refractivity contribution in [2.45, 2.75) is 38.5 Å². The molecule has 1 aromatic carbocycles. The molecule has 1 aliphatic heterocycles. The van der Waals surface area contributed by atoms with Crippen LogP contribution in [0.5, 0.6) is 0 Å². The van der Waals surface area contributed by atoms with Crippen molar-refractivity contribution >= 4 is 23.4 Å². The molecule has 0 aliphatic carbocycles. The smallest absolute Gasteiger partial charge is 0.348 e. The molecule has 0 radical (unpaired) electrons. The molecule has 1 heterocycles. The van der Waals surface area contributed by atoms with Crippen molar-refractivity contribution in [3.8, 4) is 6.07 Å². The van der Waals surface area contributed by atoms with Gasteiger partial charge in [0.1, 0.15) is 11.6 Å². The first-order valence-corrected chi connectivity index (χ1v) is 9.49. The molecule has 1 aromatic rings. The first kappa shape index (κ1) is 19.1. The number of rotatable bonds is 7. The minimum Gasteiger partial charge on any atom is -0.461 e. The van der Waals surface area contributed by atoms with E-state index in [1.165, 1.54) is 4.90 Å². The molecule has 1 aliphatic rings. The van der Waals surface area contributed by atoms with Gasteiger partial charge in [-0.25, -0.2) is 4.79 Å². The summed E-state index contributed by atoms with van der Waals surface area (Å²) in [5.41, 5.74) is 1.19. The number of nitrogens with zero attached hydrogens (tertiary/aromatic N) is 2. The average Bonchev–Trinajstić information content (AvgIpc) is 3.00. The molecule has 5 heteroatoms. The number of esters is 1. The first-order valence-electron chi connectivity index (χ1n) is 8.68. The fourth-order valence-corrected chi connectivity index (χ4v) is 3.73. The molecule has 0 atom stereocenters. The third-order valence-electron chi connectivity index (χ3n) is 4.29. The maximum Gasteiger partial charge on any atom is 0.348 e. The van der Waals surface area contributed by atoms with Crippen LogP contribution in [0.2, 0.25) is 0 Å². The predicted molar refractivity (Wildman–Crippen MR) is 102 cm³/mol. The lowest BCUT2D eigenvalue weighted by molar-refractivity contribution is -0.139. The van der Waals surface area contributed by atoms with E-state index in [1.807, 2.05) is 24.3 Å². The van der Waals surface area contributed by atoms with Crippen LogP contribution < -0.4 is 4.90 Å². The van der Waals surface area contributed by atoms with E-state index in [-0.39, 0.29) is 5.57 Å². The second-order valence-corrected chi connectivity index (χ2v) is 6.85. The number of para-hydroxylation sites is 1. The monoisotopic (exact) mass is 356 g/mol. The average molecular weight is 356 g/mol. The Kier molecular flexibility index (Phi) is 7.15. The Morgan fingerprint density at radius 1 is 1.32 bits per heavy atom. The molecular weight excluding hydrogens is 332 g/mol. The number of carbonyl (C=O) groups excluding carboxylic acids is 1. The minimum absolute atomic E-state index is 0.0334. The normalized spacial score (nSPS) is 15.4. The van der Waals surface area contributed by atoms with Gasteiger partial charge in [-0.05, 0) is 37.1 Å². The number of carbonyl (C=O) groups is 1. The number of allylic oxidation sites excluding steroid dienone is 2. The van der Waals surface area contributed by atoms with Gasteiger partial charge in [0.25, 0.3) is 0 Å². The lowest BCUT2D eigenvalue weighted by atomic mass is 10.1. The summed E-state index contributed by atoms with van der Waals surface area (Å²) in [6.07, 6.45) is 5.30. The van der Waals surface area contributed by atoms with Crippen LogP contribution in [-0.2, 0) is 9.53 Å². The van der Waals surface area contributed by atoms with Gasteiger partial charge in [0.2, 0.25) is 0 Å². The molecule has 0 amide bonds. The van der Waals surface area contributed by atoms with Gasteiger partial charge in [-0.1, -0.05) is 50.6 Å². The zero-order valence-corrected chi connectivity index (χ0v) is 15.8. The van der Waals surface area contributed by atoms with Crippen LogP contribution in [0, 0.1) is 17.2 Å². The van der Waals surface area contributed by atoms with Crippen molar-refractivity contribution in [3.05, 3.63) is 47.0 Å². The fraction of sp³-hybridized carbons (Fsp3) is 0.400. The number of fused-ring (bicyclic) bond motifs is 1. The number of anilines is 1. The highest BCUT2D eigenvalue weighted by Gasteiger charge is 2.23. The highest BCUT2D eigenvalue weighted by molar-refractivity contribution is 8.03. The van der Waals surface area contributed by atoms with Gasteiger partial charge < -0.3 is 9.64 Å². The second kappa shape index (κ2) is 9.33. The summed E-state index contributed by atoms with van der Waals surface area (Å²) < 4.78 is 5.29. The van der Waals surface area contributed by atoms with E-state index in [4.69, 9.17) is 4.74 Å². The molecule has 2 rings (SSSR count). The van der Waals surface area contributed by atoms with E-state index in [0.717, 1.165) is 30.1 Å². The molecule has 0 bridgehead atoms.